The van der Waals surface area contributed by atoms with Gasteiger partial charge < -0.3 is 9.84 Å². The van der Waals surface area contributed by atoms with Gasteiger partial charge in [0, 0.05) is 16.7 Å². The smallest absolute Gasteiger partial charge is 0.311 e. The van der Waals surface area contributed by atoms with Crippen LogP contribution in [0.2, 0.25) is 0 Å². The molecule has 1 N–H and O–H groups in total. The van der Waals surface area contributed by atoms with Crippen molar-refractivity contribution in [3.8, 4) is 5.75 Å². The lowest BCUT2D eigenvalue weighted by molar-refractivity contribution is -0.140. The number of ether oxygens (including phenoxy) is 1. The van der Waals surface area contributed by atoms with Crippen LogP contribution in [0, 0.1) is 5.92 Å². The van der Waals surface area contributed by atoms with Crippen molar-refractivity contribution in [2.75, 3.05) is 0 Å². The lowest BCUT2D eigenvalue weighted by Gasteiger charge is -2.19. The van der Waals surface area contributed by atoms with E-state index in [0.717, 1.165) is 21.4 Å². The van der Waals surface area contributed by atoms with Crippen molar-refractivity contribution in [2.24, 2.45) is 5.92 Å². The zero-order chi connectivity index (χ0) is 15.2. The summed E-state index contributed by atoms with van der Waals surface area (Å²) in [4.78, 5) is 12.4. The topological polar surface area (TPSA) is 46.5 Å². The van der Waals surface area contributed by atoms with Gasteiger partial charge in [0.2, 0.25) is 0 Å². The van der Waals surface area contributed by atoms with Crippen molar-refractivity contribution in [3.63, 3.8) is 0 Å². The second kappa shape index (κ2) is 4.85. The monoisotopic (exact) mass is 310 g/mol. The highest BCUT2D eigenvalue weighted by atomic mass is 32.1. The molecule has 1 fully saturated rings. The van der Waals surface area contributed by atoms with Crippen LogP contribution in [0.1, 0.15) is 11.3 Å². The number of carboxylic acids is 1. The van der Waals surface area contributed by atoms with Crippen LogP contribution in [-0.2, 0) is 10.4 Å². The predicted octanol–water partition coefficient (Wildman–Crippen LogP) is 4.28. The molecule has 0 unspecified atom stereocenters. The minimum absolute atomic E-state index is 0.481. The maximum Gasteiger partial charge on any atom is 0.311 e. The van der Waals surface area contributed by atoms with Gasteiger partial charge in [0.15, 0.2) is 5.60 Å². The zero-order valence-corrected chi connectivity index (χ0v) is 12.5. The SMILES string of the molecule is O=C(O)[C@H]1C[C@]1(Oc1cccc2ccccc12)c1cccs1. The molecule has 0 saturated heterocycles. The Balaban J connectivity index is 1.78. The molecular formula is C18H14O3S. The van der Waals surface area contributed by atoms with Crippen LogP contribution < -0.4 is 4.74 Å². The molecule has 1 saturated carbocycles. The summed E-state index contributed by atoms with van der Waals surface area (Å²) >= 11 is 1.55. The summed E-state index contributed by atoms with van der Waals surface area (Å²) < 4.78 is 6.27. The Morgan fingerprint density at radius 1 is 1.14 bits per heavy atom. The average molecular weight is 310 g/mol. The highest BCUT2D eigenvalue weighted by molar-refractivity contribution is 7.10. The molecule has 22 heavy (non-hydrogen) atoms. The van der Waals surface area contributed by atoms with Gasteiger partial charge in [0.05, 0.1) is 0 Å². The fourth-order valence-corrected chi connectivity index (χ4v) is 3.89. The molecule has 3 nitrogen and oxygen atoms in total. The lowest BCUT2D eigenvalue weighted by atomic mass is 10.1. The Bertz CT molecular complexity index is 835. The van der Waals surface area contributed by atoms with Gasteiger partial charge in [0.25, 0.3) is 0 Å². The summed E-state index contributed by atoms with van der Waals surface area (Å²) in [5, 5.41) is 13.5. The average Bonchev–Trinajstić information content (AvgIpc) is 3.00. The third-order valence-corrected chi connectivity index (χ3v) is 5.22. The number of aliphatic carboxylic acids is 1. The molecule has 1 aromatic heterocycles. The van der Waals surface area contributed by atoms with E-state index in [-0.39, 0.29) is 0 Å². The molecule has 4 rings (SSSR count). The van der Waals surface area contributed by atoms with Gasteiger partial charge in [-0.1, -0.05) is 42.5 Å². The Morgan fingerprint density at radius 3 is 2.68 bits per heavy atom. The van der Waals surface area contributed by atoms with Crippen LogP contribution >= 0.6 is 11.3 Å². The molecule has 110 valence electrons. The summed E-state index contributed by atoms with van der Waals surface area (Å²) in [7, 11) is 0. The van der Waals surface area contributed by atoms with Crippen LogP contribution in [0.3, 0.4) is 0 Å². The minimum Gasteiger partial charge on any atom is -0.481 e. The molecular weight excluding hydrogens is 296 g/mol. The number of carbonyl (C=O) groups is 1. The van der Waals surface area contributed by atoms with E-state index < -0.39 is 17.5 Å². The van der Waals surface area contributed by atoms with Crippen LogP contribution in [0.5, 0.6) is 5.75 Å². The Hall–Kier alpha value is -2.33. The van der Waals surface area contributed by atoms with Gasteiger partial charge in [-0.3, -0.25) is 4.79 Å². The van der Waals surface area contributed by atoms with Crippen LogP contribution in [0.15, 0.2) is 60.0 Å². The predicted molar refractivity (Wildman–Crippen MR) is 86.3 cm³/mol. The van der Waals surface area contributed by atoms with Gasteiger partial charge in [-0.15, -0.1) is 11.3 Å². The Labute approximate surface area is 131 Å². The number of rotatable bonds is 4. The molecule has 0 bridgehead atoms. The van der Waals surface area contributed by atoms with E-state index in [2.05, 4.69) is 0 Å². The molecule has 2 atom stereocenters. The number of carboxylic acid groups (broad SMARTS) is 1. The van der Waals surface area contributed by atoms with Crippen molar-refractivity contribution in [2.45, 2.75) is 12.0 Å². The van der Waals surface area contributed by atoms with Crippen molar-refractivity contribution in [3.05, 3.63) is 64.9 Å². The second-order valence-electron chi connectivity index (χ2n) is 5.54. The first-order valence-electron chi connectivity index (χ1n) is 7.14. The number of benzene rings is 2. The Kier molecular flexibility index (Phi) is 2.94. The van der Waals surface area contributed by atoms with Crippen LogP contribution in [0.25, 0.3) is 10.8 Å². The summed E-state index contributed by atoms with van der Waals surface area (Å²) in [5.74, 6) is -0.533. The van der Waals surface area contributed by atoms with Crippen molar-refractivity contribution in [1.82, 2.24) is 0 Å². The quantitative estimate of drug-likeness (QED) is 0.782. The first-order chi connectivity index (χ1) is 10.7. The molecule has 0 aliphatic heterocycles. The Morgan fingerprint density at radius 2 is 1.95 bits per heavy atom. The molecule has 0 amide bonds. The van der Waals surface area contributed by atoms with Gasteiger partial charge in [0.1, 0.15) is 11.7 Å². The molecule has 1 aliphatic rings. The standard InChI is InChI=1S/C18H14O3S/c19-17(20)14-11-18(14,16-9-4-10-22-16)21-15-8-3-6-12-5-1-2-7-13(12)15/h1-10,14H,11H2,(H,19,20)/t14-,18-/m1/s1. The number of thiophene rings is 1. The van der Waals surface area contributed by atoms with E-state index in [9.17, 15) is 9.90 Å². The normalized spacial score (nSPS) is 23.4. The zero-order valence-electron chi connectivity index (χ0n) is 11.7. The fraction of sp³-hybridized carbons (Fsp3) is 0.167. The van der Waals surface area contributed by atoms with E-state index in [0.29, 0.717) is 6.42 Å². The third-order valence-electron chi connectivity index (χ3n) is 4.19. The maximum atomic E-state index is 11.5. The largest absolute Gasteiger partial charge is 0.481 e. The summed E-state index contributed by atoms with van der Waals surface area (Å²) in [5.41, 5.74) is -0.718. The maximum absolute atomic E-state index is 11.5. The van der Waals surface area contributed by atoms with Crippen LogP contribution in [-0.4, -0.2) is 11.1 Å². The van der Waals surface area contributed by atoms with E-state index in [4.69, 9.17) is 4.74 Å². The van der Waals surface area contributed by atoms with Gasteiger partial charge in [-0.05, 0) is 22.9 Å². The molecule has 0 spiro atoms. The second-order valence-corrected chi connectivity index (χ2v) is 6.49. The van der Waals surface area contributed by atoms with Gasteiger partial charge >= 0.3 is 5.97 Å². The van der Waals surface area contributed by atoms with Crippen molar-refractivity contribution >= 4 is 28.1 Å². The highest BCUT2D eigenvalue weighted by Crippen LogP contribution is 2.57. The molecule has 4 heteroatoms. The molecule has 3 aromatic rings. The number of hydrogen-bond donors (Lipinski definition) is 1. The minimum atomic E-state index is -0.798. The first kappa shape index (κ1) is 13.3. The summed E-state index contributed by atoms with van der Waals surface area (Å²) in [6.07, 6.45) is 0.520. The van der Waals surface area contributed by atoms with Gasteiger partial charge in [-0.2, -0.15) is 0 Å². The third kappa shape index (κ3) is 1.99. The highest BCUT2D eigenvalue weighted by Gasteiger charge is 2.63. The lowest BCUT2D eigenvalue weighted by Crippen LogP contribution is -2.21. The first-order valence-corrected chi connectivity index (χ1v) is 8.02. The summed E-state index contributed by atoms with van der Waals surface area (Å²) in [6.45, 7) is 0. The summed E-state index contributed by atoms with van der Waals surface area (Å²) in [6, 6.07) is 17.8. The van der Waals surface area contributed by atoms with Crippen LogP contribution in [0.4, 0.5) is 0 Å². The van der Waals surface area contributed by atoms with E-state index in [1.165, 1.54) is 0 Å². The van der Waals surface area contributed by atoms with Gasteiger partial charge in [-0.25, -0.2) is 0 Å². The molecule has 1 heterocycles. The molecule has 2 aromatic carbocycles. The van der Waals surface area contributed by atoms with Crippen molar-refractivity contribution < 1.29 is 14.6 Å². The van der Waals surface area contributed by atoms with E-state index >= 15 is 0 Å². The molecule has 0 radical (unpaired) electrons. The number of hydrogen-bond acceptors (Lipinski definition) is 3. The van der Waals surface area contributed by atoms with E-state index in [1.54, 1.807) is 11.3 Å². The van der Waals surface area contributed by atoms with Crippen molar-refractivity contribution in [1.29, 1.82) is 0 Å². The number of fused-ring (bicyclic) bond motifs is 1. The fourth-order valence-electron chi connectivity index (χ4n) is 2.97. The van der Waals surface area contributed by atoms with E-state index in [1.807, 2.05) is 60.0 Å². The molecule has 1 aliphatic carbocycles.